The van der Waals surface area contributed by atoms with Gasteiger partial charge in [-0.2, -0.15) is 9.97 Å². The van der Waals surface area contributed by atoms with Crippen LogP contribution in [0.5, 0.6) is 0 Å². The van der Waals surface area contributed by atoms with Crippen LogP contribution in [-0.4, -0.2) is 108 Å². The van der Waals surface area contributed by atoms with Crippen LogP contribution in [0.25, 0.3) is 11.2 Å². The van der Waals surface area contributed by atoms with E-state index in [9.17, 15) is 34.1 Å². The number of aliphatic hydroxyl groups excluding tert-OH is 2. The molecule has 0 fully saturated rings. The normalized spacial score (nSPS) is 14.0. The number of aliphatic carboxylic acids is 1. The van der Waals surface area contributed by atoms with Crippen LogP contribution in [-0.2, 0) is 29.7 Å². The Hall–Kier alpha value is -4.52. The number of hydrogen-bond donors (Lipinski definition) is 7. The zero-order chi connectivity index (χ0) is 33.3. The third kappa shape index (κ3) is 10.00. The van der Waals surface area contributed by atoms with Gasteiger partial charge in [0.25, 0.3) is 5.91 Å². The van der Waals surface area contributed by atoms with Gasteiger partial charge in [-0.25, -0.2) is 19.3 Å². The fourth-order valence-corrected chi connectivity index (χ4v) is 4.78. The van der Waals surface area contributed by atoms with E-state index in [1.54, 1.807) is 24.1 Å². The number of aromatic nitrogens is 4. The summed E-state index contributed by atoms with van der Waals surface area (Å²) >= 11 is 0. The molecule has 20 heteroatoms. The molecule has 0 saturated carbocycles. The lowest BCUT2D eigenvalue weighted by Gasteiger charge is -2.29. The molecule has 3 atom stereocenters. The molecule has 3 aromatic rings. The van der Waals surface area contributed by atoms with Crippen LogP contribution in [0.2, 0.25) is 0 Å². The Bertz CT molecular complexity index is 1560. The summed E-state index contributed by atoms with van der Waals surface area (Å²) < 4.78 is 21.5. The number of carboxylic acids is 1. The zero-order valence-corrected chi connectivity index (χ0v) is 25.0. The molecule has 0 radical (unpaired) electrons. The molecule has 0 saturated heterocycles. The van der Waals surface area contributed by atoms with E-state index in [2.05, 4.69) is 24.5 Å². The number of aliphatic hydroxyl groups is 2. The van der Waals surface area contributed by atoms with E-state index < -0.39 is 64.1 Å². The van der Waals surface area contributed by atoms with Crippen LogP contribution >= 0.6 is 7.82 Å². The minimum Gasteiger partial charge on any atom is -0.480 e. The fourth-order valence-electron chi connectivity index (χ4n) is 4.03. The van der Waals surface area contributed by atoms with Crippen LogP contribution in [0.3, 0.4) is 0 Å². The lowest BCUT2D eigenvalue weighted by Crippen LogP contribution is -2.47. The fraction of sp³-hybridized carbons (Fsp3) is 0.400. The molecule has 0 spiro atoms. The van der Waals surface area contributed by atoms with E-state index >= 15 is 0 Å². The van der Waals surface area contributed by atoms with Gasteiger partial charge < -0.3 is 47.2 Å². The van der Waals surface area contributed by atoms with E-state index in [1.165, 1.54) is 18.3 Å². The van der Waals surface area contributed by atoms with Gasteiger partial charge in [-0.15, -0.1) is 0 Å². The number of hydrogen-bond acceptors (Lipinski definition) is 15. The van der Waals surface area contributed by atoms with Crippen molar-refractivity contribution < 1.29 is 48.2 Å². The van der Waals surface area contributed by atoms with Crippen molar-refractivity contribution in [2.75, 3.05) is 49.8 Å². The molecule has 1 aromatic carbocycles. The molecule has 2 unspecified atom stereocenters. The topological polar surface area (TPSA) is 304 Å². The number of benzene rings is 1. The number of phosphoric ester groups is 1. The molecule has 45 heavy (non-hydrogen) atoms. The van der Waals surface area contributed by atoms with Crippen LogP contribution in [0.1, 0.15) is 28.9 Å². The average molecular weight is 652 g/mol. The van der Waals surface area contributed by atoms with E-state index in [1.807, 2.05) is 0 Å². The van der Waals surface area contributed by atoms with Crippen molar-refractivity contribution >= 4 is 54.2 Å². The predicted octanol–water partition coefficient (Wildman–Crippen LogP) is -1.13. The predicted molar refractivity (Wildman–Crippen MR) is 158 cm³/mol. The summed E-state index contributed by atoms with van der Waals surface area (Å²) in [7, 11) is -2.98. The van der Waals surface area contributed by atoms with E-state index in [0.717, 1.165) is 4.90 Å². The number of carbonyl (C=O) groups excluding carboxylic acids is 2. The van der Waals surface area contributed by atoms with Gasteiger partial charge in [0.1, 0.15) is 12.1 Å². The minimum atomic E-state index is -4.73. The highest BCUT2D eigenvalue weighted by Crippen LogP contribution is 2.43. The van der Waals surface area contributed by atoms with Gasteiger partial charge in [0.05, 0.1) is 38.3 Å². The highest BCUT2D eigenvalue weighted by Gasteiger charge is 2.32. The lowest BCUT2D eigenvalue weighted by atomic mass is 10.1. The van der Waals surface area contributed by atoms with Crippen LogP contribution in [0.4, 0.5) is 17.5 Å². The summed E-state index contributed by atoms with van der Waals surface area (Å²) in [4.78, 5) is 66.0. The number of nitrogens with zero attached hydrogens (tertiary/aromatic N) is 6. The molecule has 19 nitrogen and oxygen atoms in total. The number of rotatable bonds is 17. The van der Waals surface area contributed by atoms with Crippen molar-refractivity contribution in [3.05, 3.63) is 41.7 Å². The number of fused-ring (bicyclic) bond motifs is 1. The molecule has 2 aromatic heterocycles. The first-order valence-corrected chi connectivity index (χ1v) is 14.8. The first-order chi connectivity index (χ1) is 21.2. The Kier molecular flexibility index (Phi) is 12.0. The summed E-state index contributed by atoms with van der Waals surface area (Å²) in [5, 5.41) is 28.0. The maximum Gasteiger partial charge on any atom is 0.472 e. The average Bonchev–Trinajstić information content (AvgIpc) is 2.98. The first kappa shape index (κ1) is 35.0. The SMILES string of the molecule is CN(Cc1cnc2nc(N)nc(N)c2n1)c1ccc(C(=O)N(CCOP(=O)(O)OCC(O)CO)[C@@H](CCC(N)=O)C(=O)O)cc1. The Morgan fingerprint density at radius 3 is 2.40 bits per heavy atom. The number of carbonyl (C=O) groups is 3. The summed E-state index contributed by atoms with van der Waals surface area (Å²) in [5.41, 5.74) is 18.5. The zero-order valence-electron chi connectivity index (χ0n) is 24.1. The molecule has 3 rings (SSSR count). The number of amides is 2. The van der Waals surface area contributed by atoms with Crippen LogP contribution in [0, 0.1) is 0 Å². The third-order valence-corrected chi connectivity index (χ3v) is 7.25. The van der Waals surface area contributed by atoms with Gasteiger partial charge in [-0.3, -0.25) is 18.6 Å². The number of anilines is 3. The molecule has 2 heterocycles. The summed E-state index contributed by atoms with van der Waals surface area (Å²) in [6.45, 7) is -2.31. The Labute approximate surface area is 256 Å². The number of nitrogens with two attached hydrogens (primary N) is 3. The van der Waals surface area contributed by atoms with Crippen LogP contribution in [0.15, 0.2) is 30.5 Å². The third-order valence-electron chi connectivity index (χ3n) is 6.27. The second-order valence-electron chi connectivity index (χ2n) is 9.70. The number of phosphoric acid groups is 1. The van der Waals surface area contributed by atoms with E-state index in [-0.39, 0.29) is 47.9 Å². The van der Waals surface area contributed by atoms with E-state index in [4.69, 9.17) is 26.8 Å². The molecular weight excluding hydrogens is 617 g/mol. The largest absolute Gasteiger partial charge is 0.480 e. The smallest absolute Gasteiger partial charge is 0.472 e. The maximum absolute atomic E-state index is 13.5. The number of nitrogen functional groups attached to an aromatic ring is 2. The number of primary amides is 1. The Balaban J connectivity index is 1.76. The molecule has 10 N–H and O–H groups in total. The quantitative estimate of drug-likeness (QED) is 0.0849. The molecule has 2 amide bonds. The molecule has 0 aliphatic rings. The highest BCUT2D eigenvalue weighted by molar-refractivity contribution is 7.47. The van der Waals surface area contributed by atoms with Crippen molar-refractivity contribution in [1.29, 1.82) is 0 Å². The summed E-state index contributed by atoms with van der Waals surface area (Å²) in [6, 6.07) is 4.58. The molecule has 244 valence electrons. The monoisotopic (exact) mass is 651 g/mol. The van der Waals surface area contributed by atoms with Gasteiger partial charge >= 0.3 is 13.8 Å². The first-order valence-electron chi connectivity index (χ1n) is 13.3. The van der Waals surface area contributed by atoms with Gasteiger partial charge in [0.15, 0.2) is 17.0 Å². The van der Waals surface area contributed by atoms with Crippen molar-refractivity contribution in [2.45, 2.75) is 31.5 Å². The molecular formula is C25H34N9O10P. The molecule has 0 aliphatic carbocycles. The van der Waals surface area contributed by atoms with Gasteiger partial charge in [0, 0.05) is 31.3 Å². The highest BCUT2D eigenvalue weighted by atomic mass is 31.2. The summed E-state index contributed by atoms with van der Waals surface area (Å²) in [6.07, 6.45) is -0.615. The van der Waals surface area contributed by atoms with Gasteiger partial charge in [-0.1, -0.05) is 0 Å². The molecule has 0 aliphatic heterocycles. The Morgan fingerprint density at radius 1 is 1.09 bits per heavy atom. The van der Waals surface area contributed by atoms with Crippen molar-refractivity contribution in [1.82, 2.24) is 24.8 Å². The van der Waals surface area contributed by atoms with Crippen LogP contribution < -0.4 is 22.1 Å². The molecule has 0 bridgehead atoms. The Morgan fingerprint density at radius 2 is 1.78 bits per heavy atom. The van der Waals surface area contributed by atoms with Crippen molar-refractivity contribution in [3.63, 3.8) is 0 Å². The van der Waals surface area contributed by atoms with Gasteiger partial charge in [-0.05, 0) is 30.7 Å². The second kappa shape index (κ2) is 15.5. The maximum atomic E-state index is 13.5. The lowest BCUT2D eigenvalue weighted by molar-refractivity contribution is -0.142. The van der Waals surface area contributed by atoms with Crippen molar-refractivity contribution in [3.8, 4) is 0 Å². The van der Waals surface area contributed by atoms with E-state index in [0.29, 0.717) is 11.4 Å². The van der Waals surface area contributed by atoms with Gasteiger partial charge in [0.2, 0.25) is 11.9 Å². The number of carboxylic acid groups (broad SMARTS) is 1. The van der Waals surface area contributed by atoms with Crippen molar-refractivity contribution in [2.24, 2.45) is 5.73 Å². The second-order valence-corrected chi connectivity index (χ2v) is 11.1. The summed E-state index contributed by atoms with van der Waals surface area (Å²) in [5.74, 6) is -2.95. The minimum absolute atomic E-state index is 0.0279. The standard InChI is InChI=1S/C25H34N9O10P/c1-33(11-15-10-29-22-20(30-15)21(27)31-25(28)32-22)16-4-2-14(3-5-16)23(38)34(18(24(39)40)6-7-19(26)37)8-9-43-45(41,42)44-13-17(36)12-35/h2-5,10,17-18,35-36H,6-9,11-13H2,1H3,(H2,26,37)(H,39,40)(H,41,42)(H4,27,28,29,31,32)/t17?,18-/m0/s1.